The Kier molecular flexibility index (Phi) is 8.08. The second kappa shape index (κ2) is 12.3. The molecule has 46 heavy (non-hydrogen) atoms. The van der Waals surface area contributed by atoms with E-state index in [1.165, 1.54) is 11.3 Å². The van der Waals surface area contributed by atoms with Gasteiger partial charge in [-0.1, -0.05) is 18.2 Å². The van der Waals surface area contributed by atoms with E-state index < -0.39 is 0 Å². The number of fused-ring (bicyclic) bond motifs is 3. The highest BCUT2D eigenvalue weighted by atomic mass is 32.1. The smallest absolute Gasteiger partial charge is 0.348 e. The van der Waals surface area contributed by atoms with Crippen molar-refractivity contribution >= 4 is 46.3 Å². The average Bonchev–Trinajstić information content (AvgIpc) is 3.42. The second-order valence-corrected chi connectivity index (χ2v) is 13.3. The van der Waals surface area contributed by atoms with Gasteiger partial charge in [0.05, 0.1) is 17.9 Å². The molecule has 0 saturated carbocycles. The van der Waals surface area contributed by atoms with Crippen LogP contribution in [0.1, 0.15) is 61.3 Å². The van der Waals surface area contributed by atoms with Gasteiger partial charge >= 0.3 is 5.97 Å². The molecule has 0 radical (unpaired) electrons. The van der Waals surface area contributed by atoms with Crippen LogP contribution < -0.4 is 15.1 Å². The van der Waals surface area contributed by atoms with E-state index in [1.807, 2.05) is 43.3 Å². The number of nitrogens with zero attached hydrogens (tertiary/aromatic N) is 3. The van der Waals surface area contributed by atoms with Gasteiger partial charge in [0.15, 0.2) is 0 Å². The molecule has 1 spiro atoms. The first-order valence-corrected chi connectivity index (χ1v) is 16.6. The molecule has 5 heterocycles. The summed E-state index contributed by atoms with van der Waals surface area (Å²) in [4.78, 5) is 50.0. The molecule has 2 saturated heterocycles. The highest BCUT2D eigenvalue weighted by Gasteiger charge is 2.45. The van der Waals surface area contributed by atoms with Crippen LogP contribution in [-0.2, 0) is 15.9 Å². The number of hydrogen-bond donors (Lipinski definition) is 1. The number of carbonyl (C=O) groups excluding carboxylic acids is 3. The minimum Gasteiger partial charge on any atom is -0.462 e. The number of rotatable bonds is 6. The average molecular weight is 637 g/mol. The summed E-state index contributed by atoms with van der Waals surface area (Å²) in [5.74, 6) is 0.0239. The third-order valence-electron chi connectivity index (χ3n) is 9.12. The number of esters is 1. The first kappa shape index (κ1) is 30.1. The summed E-state index contributed by atoms with van der Waals surface area (Å²) >= 11 is 1.40. The van der Waals surface area contributed by atoms with Gasteiger partial charge in [0.25, 0.3) is 11.8 Å². The van der Waals surface area contributed by atoms with Gasteiger partial charge in [-0.05, 0) is 86.7 Å². The summed E-state index contributed by atoms with van der Waals surface area (Å²) in [6.45, 7) is 7.85. The molecule has 1 N–H and O–H groups in total. The normalized spacial score (nSPS) is 16.6. The first-order valence-electron chi connectivity index (χ1n) is 15.8. The summed E-state index contributed by atoms with van der Waals surface area (Å²) in [5.41, 5.74) is 5.58. The summed E-state index contributed by atoms with van der Waals surface area (Å²) < 4.78 is 10.8. The first-order chi connectivity index (χ1) is 22.3. The van der Waals surface area contributed by atoms with E-state index in [0.717, 1.165) is 66.4 Å². The van der Waals surface area contributed by atoms with Crippen LogP contribution in [0.3, 0.4) is 0 Å². The third-order valence-corrected chi connectivity index (χ3v) is 10.3. The van der Waals surface area contributed by atoms with Crippen molar-refractivity contribution in [3.05, 3.63) is 94.0 Å². The molecule has 2 aromatic heterocycles. The number of thiophene rings is 1. The van der Waals surface area contributed by atoms with Crippen molar-refractivity contribution in [2.75, 3.05) is 54.6 Å². The molecule has 0 unspecified atom stereocenters. The van der Waals surface area contributed by atoms with Gasteiger partial charge in [0.1, 0.15) is 10.7 Å². The van der Waals surface area contributed by atoms with E-state index in [9.17, 15) is 14.4 Å². The van der Waals surface area contributed by atoms with Gasteiger partial charge < -0.3 is 24.6 Å². The molecule has 236 valence electrons. The van der Waals surface area contributed by atoms with Gasteiger partial charge in [0, 0.05) is 66.2 Å². The summed E-state index contributed by atoms with van der Waals surface area (Å²) in [5, 5.41) is 3.02. The Balaban J connectivity index is 1.07. The predicted molar refractivity (Wildman–Crippen MR) is 179 cm³/mol. The van der Waals surface area contributed by atoms with Crippen molar-refractivity contribution in [3.63, 3.8) is 0 Å². The van der Waals surface area contributed by atoms with Crippen molar-refractivity contribution in [2.24, 2.45) is 5.41 Å². The van der Waals surface area contributed by atoms with Crippen LogP contribution in [0.25, 0.3) is 10.4 Å². The van der Waals surface area contributed by atoms with Gasteiger partial charge in [-0.3, -0.25) is 9.59 Å². The Hall–Kier alpha value is -4.54. The highest BCUT2D eigenvalue weighted by Crippen LogP contribution is 2.43. The topological polar surface area (TPSA) is 101 Å². The maximum Gasteiger partial charge on any atom is 0.348 e. The lowest BCUT2D eigenvalue weighted by molar-refractivity contribution is -0.000512. The molecule has 2 fully saturated rings. The van der Waals surface area contributed by atoms with Crippen molar-refractivity contribution in [1.29, 1.82) is 0 Å². The number of aryl methyl sites for hydroxylation is 1. The molecular weight excluding hydrogens is 600 g/mol. The Morgan fingerprint density at radius 1 is 1.04 bits per heavy atom. The van der Waals surface area contributed by atoms with Crippen LogP contribution in [0, 0.1) is 12.3 Å². The Morgan fingerprint density at radius 2 is 1.80 bits per heavy atom. The van der Waals surface area contributed by atoms with Crippen molar-refractivity contribution in [1.82, 2.24) is 4.98 Å². The number of benzene rings is 2. The van der Waals surface area contributed by atoms with E-state index in [1.54, 1.807) is 42.3 Å². The number of anilines is 3. The second-order valence-electron chi connectivity index (χ2n) is 12.3. The number of para-hydroxylation sites is 1. The van der Waals surface area contributed by atoms with Gasteiger partial charge in [-0.15, -0.1) is 11.3 Å². The van der Waals surface area contributed by atoms with Crippen LogP contribution in [-0.4, -0.2) is 62.2 Å². The minimum absolute atomic E-state index is 0.129. The molecular formula is C36H36N4O5S. The van der Waals surface area contributed by atoms with Gasteiger partial charge in [0.2, 0.25) is 0 Å². The highest BCUT2D eigenvalue weighted by molar-refractivity contribution is 7.17. The molecule has 4 aromatic rings. The van der Waals surface area contributed by atoms with Crippen LogP contribution in [0.5, 0.6) is 0 Å². The monoisotopic (exact) mass is 636 g/mol. The maximum atomic E-state index is 13.9. The fraction of sp³-hybridized carbons (Fsp3) is 0.333. The number of nitrogens with one attached hydrogen (secondary N) is 1. The fourth-order valence-corrected chi connectivity index (χ4v) is 7.81. The Labute approximate surface area is 272 Å². The van der Waals surface area contributed by atoms with Crippen molar-refractivity contribution in [3.8, 4) is 10.4 Å². The van der Waals surface area contributed by atoms with Crippen LogP contribution in [0.2, 0.25) is 0 Å². The zero-order valence-electron chi connectivity index (χ0n) is 26.0. The van der Waals surface area contributed by atoms with E-state index in [4.69, 9.17) is 9.47 Å². The van der Waals surface area contributed by atoms with E-state index in [0.29, 0.717) is 47.1 Å². The van der Waals surface area contributed by atoms with Crippen molar-refractivity contribution < 1.29 is 23.9 Å². The quantitative estimate of drug-likeness (QED) is 0.246. The molecule has 2 aromatic carbocycles. The lowest BCUT2D eigenvalue weighted by atomic mass is 9.73. The van der Waals surface area contributed by atoms with Crippen LogP contribution in [0.4, 0.5) is 17.2 Å². The lowest BCUT2D eigenvalue weighted by Gasteiger charge is -2.53. The minimum atomic E-state index is -0.322. The SMILES string of the molecule is CCOC(=O)c1cc2c(s1)-c1ccccc1N(C(=O)c1ccc(NC(=O)c3cc(C)cnc3N3CC4(CCOCC4)C3)cc1)CC2. The van der Waals surface area contributed by atoms with Crippen LogP contribution >= 0.6 is 11.3 Å². The molecule has 2 amide bonds. The van der Waals surface area contributed by atoms with E-state index in [-0.39, 0.29) is 23.2 Å². The third kappa shape index (κ3) is 5.67. The summed E-state index contributed by atoms with van der Waals surface area (Å²) in [7, 11) is 0. The maximum absolute atomic E-state index is 13.9. The number of ether oxygens (including phenoxy) is 2. The largest absolute Gasteiger partial charge is 0.462 e. The molecule has 0 bridgehead atoms. The Bertz CT molecular complexity index is 1800. The van der Waals surface area contributed by atoms with E-state index in [2.05, 4.69) is 15.2 Å². The zero-order valence-corrected chi connectivity index (χ0v) is 26.8. The molecule has 3 aliphatic rings. The number of hydrogen-bond acceptors (Lipinski definition) is 8. The standard InChI is InChI=1S/C36H36N4O5S/c1-3-45-35(43)30-19-25-12-15-40(29-7-5-4-6-27(29)31(25)46-30)34(42)24-8-10-26(11-9-24)38-33(41)28-18-23(2)20-37-32(28)39-21-36(22-39)13-16-44-17-14-36/h4-11,18-20H,3,12-17,21-22H2,1-2H3,(H,38,41). The van der Waals surface area contributed by atoms with Crippen molar-refractivity contribution in [2.45, 2.75) is 33.1 Å². The summed E-state index contributed by atoms with van der Waals surface area (Å²) in [6, 6.07) is 18.6. The molecule has 0 aliphatic carbocycles. The molecule has 10 heteroatoms. The van der Waals surface area contributed by atoms with Crippen LogP contribution in [0.15, 0.2) is 66.9 Å². The predicted octanol–water partition coefficient (Wildman–Crippen LogP) is 6.37. The number of pyridine rings is 1. The number of carbonyl (C=O) groups is 3. The number of aromatic nitrogens is 1. The number of amides is 2. The molecule has 0 atom stereocenters. The molecule has 9 nitrogen and oxygen atoms in total. The molecule has 3 aliphatic heterocycles. The zero-order chi connectivity index (χ0) is 31.8. The van der Waals surface area contributed by atoms with Gasteiger partial charge in [-0.25, -0.2) is 9.78 Å². The van der Waals surface area contributed by atoms with E-state index >= 15 is 0 Å². The van der Waals surface area contributed by atoms with Gasteiger partial charge in [-0.2, -0.15) is 0 Å². The molecule has 7 rings (SSSR count). The lowest BCUT2D eigenvalue weighted by Crippen LogP contribution is -2.59. The summed E-state index contributed by atoms with van der Waals surface area (Å²) in [6.07, 6.45) is 4.49. The Morgan fingerprint density at radius 3 is 2.57 bits per heavy atom. The fourth-order valence-electron chi connectivity index (χ4n) is 6.68.